The lowest BCUT2D eigenvalue weighted by atomic mass is 10.1. The van der Waals surface area contributed by atoms with Crippen LogP contribution in [0.1, 0.15) is 16.8 Å². The lowest BCUT2D eigenvalue weighted by Crippen LogP contribution is -2.22. The Bertz CT molecular complexity index is 668. The number of aromatic nitrogens is 2. The molecule has 0 spiro atoms. The van der Waals surface area contributed by atoms with Crippen LogP contribution in [0.4, 0.5) is 0 Å². The maximum Gasteiger partial charge on any atom is 0.268 e. The molecule has 2 aromatic rings. The lowest BCUT2D eigenvalue weighted by molar-refractivity contribution is 0.724. The Labute approximate surface area is 113 Å². The SMILES string of the molecule is Cc1ncn(Cc2ccc(C#N)cc2)c(=O)c1Br. The van der Waals surface area contributed by atoms with E-state index in [4.69, 9.17) is 5.26 Å². The summed E-state index contributed by atoms with van der Waals surface area (Å²) in [6.07, 6.45) is 1.53. The van der Waals surface area contributed by atoms with E-state index in [0.717, 1.165) is 5.56 Å². The van der Waals surface area contributed by atoms with E-state index in [2.05, 4.69) is 27.0 Å². The van der Waals surface area contributed by atoms with E-state index >= 15 is 0 Å². The largest absolute Gasteiger partial charge is 0.294 e. The Balaban J connectivity index is 2.32. The maximum absolute atomic E-state index is 11.9. The molecular formula is C13H10BrN3O. The zero-order valence-corrected chi connectivity index (χ0v) is 11.3. The molecule has 4 nitrogen and oxygen atoms in total. The topological polar surface area (TPSA) is 58.7 Å². The smallest absolute Gasteiger partial charge is 0.268 e. The summed E-state index contributed by atoms with van der Waals surface area (Å²) in [5, 5.41) is 8.71. The highest BCUT2D eigenvalue weighted by molar-refractivity contribution is 9.10. The molecule has 18 heavy (non-hydrogen) atoms. The Morgan fingerprint density at radius 2 is 2.06 bits per heavy atom. The van der Waals surface area contributed by atoms with Gasteiger partial charge in [0.05, 0.1) is 30.2 Å². The zero-order chi connectivity index (χ0) is 13.1. The first kappa shape index (κ1) is 12.5. The summed E-state index contributed by atoms with van der Waals surface area (Å²) in [5.74, 6) is 0. The Hall–Kier alpha value is -1.93. The number of rotatable bonds is 2. The van der Waals surface area contributed by atoms with Gasteiger partial charge in [0.1, 0.15) is 4.47 Å². The molecule has 0 radical (unpaired) electrons. The molecule has 1 aromatic carbocycles. The Kier molecular flexibility index (Phi) is 3.58. The van der Waals surface area contributed by atoms with E-state index in [1.165, 1.54) is 10.9 Å². The highest BCUT2D eigenvalue weighted by Gasteiger charge is 2.05. The number of hydrogen-bond donors (Lipinski definition) is 0. The van der Waals surface area contributed by atoms with Gasteiger partial charge in [-0.3, -0.25) is 9.36 Å². The lowest BCUT2D eigenvalue weighted by Gasteiger charge is -2.07. The number of benzene rings is 1. The van der Waals surface area contributed by atoms with Gasteiger partial charge in [-0.25, -0.2) is 4.98 Å². The minimum atomic E-state index is -0.105. The summed E-state index contributed by atoms with van der Waals surface area (Å²) in [7, 11) is 0. The van der Waals surface area contributed by atoms with Crippen molar-refractivity contribution < 1.29 is 0 Å². The highest BCUT2D eigenvalue weighted by atomic mass is 79.9. The molecule has 90 valence electrons. The summed E-state index contributed by atoms with van der Waals surface area (Å²) in [6.45, 7) is 2.22. The standard InChI is InChI=1S/C13H10BrN3O/c1-9-12(14)13(18)17(8-16-9)7-11-4-2-10(6-15)3-5-11/h2-5,8H,7H2,1H3. The van der Waals surface area contributed by atoms with E-state index < -0.39 is 0 Å². The third-order valence-corrected chi connectivity index (χ3v) is 3.51. The van der Waals surface area contributed by atoms with Crippen molar-refractivity contribution in [2.45, 2.75) is 13.5 Å². The molecular weight excluding hydrogens is 294 g/mol. The van der Waals surface area contributed by atoms with Crippen LogP contribution >= 0.6 is 15.9 Å². The van der Waals surface area contributed by atoms with Crippen LogP contribution in [0.15, 0.2) is 39.9 Å². The van der Waals surface area contributed by atoms with E-state index in [9.17, 15) is 4.79 Å². The molecule has 0 aliphatic rings. The fourth-order valence-electron chi connectivity index (χ4n) is 1.54. The molecule has 0 saturated carbocycles. The molecule has 0 aliphatic carbocycles. The third-order valence-electron chi connectivity index (χ3n) is 2.59. The first-order valence-electron chi connectivity index (χ1n) is 5.32. The summed E-state index contributed by atoms with van der Waals surface area (Å²) in [4.78, 5) is 16.1. The molecule has 0 atom stereocenters. The number of halogens is 1. The number of nitrogens with zero attached hydrogens (tertiary/aromatic N) is 3. The molecule has 5 heteroatoms. The van der Waals surface area contributed by atoms with Gasteiger partial charge >= 0.3 is 0 Å². The van der Waals surface area contributed by atoms with Crippen LogP contribution in [0.2, 0.25) is 0 Å². The van der Waals surface area contributed by atoms with Crippen molar-refractivity contribution >= 4 is 15.9 Å². The molecule has 0 bridgehead atoms. The molecule has 1 heterocycles. The van der Waals surface area contributed by atoms with Gasteiger partial charge in [-0.2, -0.15) is 5.26 Å². The molecule has 1 aromatic heterocycles. The summed E-state index contributed by atoms with van der Waals surface area (Å²) < 4.78 is 2.01. The van der Waals surface area contributed by atoms with Crippen LogP contribution in [0.5, 0.6) is 0 Å². The van der Waals surface area contributed by atoms with E-state index in [-0.39, 0.29) is 5.56 Å². The van der Waals surface area contributed by atoms with Crippen molar-refractivity contribution in [1.29, 1.82) is 5.26 Å². The van der Waals surface area contributed by atoms with Crippen LogP contribution < -0.4 is 5.56 Å². The van der Waals surface area contributed by atoms with Crippen LogP contribution in [0, 0.1) is 18.3 Å². The molecule has 0 saturated heterocycles. The second kappa shape index (κ2) is 5.15. The van der Waals surface area contributed by atoms with Gasteiger partial charge in [-0.05, 0) is 40.5 Å². The monoisotopic (exact) mass is 303 g/mol. The van der Waals surface area contributed by atoms with Crippen LogP contribution in [0.25, 0.3) is 0 Å². The fraction of sp³-hybridized carbons (Fsp3) is 0.154. The normalized spacial score (nSPS) is 10.1. The van der Waals surface area contributed by atoms with E-state index in [0.29, 0.717) is 22.3 Å². The van der Waals surface area contributed by atoms with Crippen molar-refractivity contribution in [2.75, 3.05) is 0 Å². The number of aryl methyl sites for hydroxylation is 1. The van der Waals surface area contributed by atoms with Gasteiger partial charge in [-0.15, -0.1) is 0 Å². The number of hydrogen-bond acceptors (Lipinski definition) is 3. The zero-order valence-electron chi connectivity index (χ0n) is 9.72. The molecule has 0 aliphatic heterocycles. The van der Waals surface area contributed by atoms with Crippen LogP contribution in [-0.4, -0.2) is 9.55 Å². The van der Waals surface area contributed by atoms with Gasteiger partial charge in [0.15, 0.2) is 0 Å². The molecule has 0 fully saturated rings. The predicted molar refractivity (Wildman–Crippen MR) is 71.2 cm³/mol. The second-order valence-corrected chi connectivity index (χ2v) is 4.68. The molecule has 0 amide bonds. The molecule has 0 N–H and O–H groups in total. The average molecular weight is 304 g/mol. The van der Waals surface area contributed by atoms with Crippen LogP contribution in [0.3, 0.4) is 0 Å². The number of nitriles is 1. The minimum absolute atomic E-state index is 0.105. The first-order valence-corrected chi connectivity index (χ1v) is 6.11. The summed E-state index contributed by atoms with van der Waals surface area (Å²) >= 11 is 3.23. The maximum atomic E-state index is 11.9. The van der Waals surface area contributed by atoms with Crippen molar-refractivity contribution in [1.82, 2.24) is 9.55 Å². The third kappa shape index (κ3) is 2.49. The first-order chi connectivity index (χ1) is 8.61. The molecule has 0 unspecified atom stereocenters. The fourth-order valence-corrected chi connectivity index (χ4v) is 1.87. The minimum Gasteiger partial charge on any atom is -0.294 e. The van der Waals surface area contributed by atoms with Crippen molar-refractivity contribution in [3.63, 3.8) is 0 Å². The summed E-state index contributed by atoms with van der Waals surface area (Å²) in [6, 6.07) is 9.19. The van der Waals surface area contributed by atoms with Gasteiger partial charge < -0.3 is 0 Å². The van der Waals surface area contributed by atoms with Gasteiger partial charge in [0.25, 0.3) is 5.56 Å². The predicted octanol–water partition coefficient (Wildman–Crippen LogP) is 2.23. The molecule has 2 rings (SSSR count). The quantitative estimate of drug-likeness (QED) is 0.855. The van der Waals surface area contributed by atoms with Crippen molar-refractivity contribution in [3.8, 4) is 6.07 Å². The van der Waals surface area contributed by atoms with Crippen LogP contribution in [-0.2, 0) is 6.54 Å². The van der Waals surface area contributed by atoms with E-state index in [1.807, 2.05) is 12.1 Å². The average Bonchev–Trinajstić information content (AvgIpc) is 2.40. The Morgan fingerprint density at radius 3 is 2.67 bits per heavy atom. The van der Waals surface area contributed by atoms with Gasteiger partial charge in [-0.1, -0.05) is 12.1 Å². The Morgan fingerprint density at radius 1 is 1.39 bits per heavy atom. The van der Waals surface area contributed by atoms with E-state index in [1.54, 1.807) is 19.1 Å². The van der Waals surface area contributed by atoms with Gasteiger partial charge in [0, 0.05) is 0 Å². The summed E-state index contributed by atoms with van der Waals surface area (Å²) in [5.41, 5.74) is 2.13. The second-order valence-electron chi connectivity index (χ2n) is 3.89. The van der Waals surface area contributed by atoms with Gasteiger partial charge in [0.2, 0.25) is 0 Å². The highest BCUT2D eigenvalue weighted by Crippen LogP contribution is 2.08. The van der Waals surface area contributed by atoms with Crippen molar-refractivity contribution in [2.24, 2.45) is 0 Å². The van der Waals surface area contributed by atoms with Crippen molar-refractivity contribution in [3.05, 3.63) is 62.2 Å².